The molecule has 0 amide bonds. The highest BCUT2D eigenvalue weighted by Gasteiger charge is 2.31. The van der Waals surface area contributed by atoms with Crippen molar-refractivity contribution in [3.8, 4) is 0 Å². The zero-order chi connectivity index (χ0) is 9.61. The third-order valence-electron chi connectivity index (χ3n) is 1.50. The van der Waals surface area contributed by atoms with Gasteiger partial charge < -0.3 is 18.8 Å². The van der Waals surface area contributed by atoms with E-state index in [2.05, 4.69) is 0 Å². The van der Waals surface area contributed by atoms with E-state index in [1.165, 1.54) is 21.3 Å². The average molecular weight is 217 g/mol. The van der Waals surface area contributed by atoms with Gasteiger partial charge in [-0.3, -0.25) is 0 Å². The first-order valence-electron chi connectivity index (χ1n) is 3.30. The average Bonchev–Trinajstić information content (AvgIpc) is 2.08. The van der Waals surface area contributed by atoms with E-state index in [4.69, 9.17) is 24.9 Å². The summed E-state index contributed by atoms with van der Waals surface area (Å²) in [6, 6.07) is 0. The lowest BCUT2D eigenvalue weighted by Gasteiger charge is -2.27. The van der Waals surface area contributed by atoms with Crippen LogP contribution in [-0.4, -0.2) is 37.6 Å². The molecule has 12 heavy (non-hydrogen) atoms. The topological polar surface area (TPSA) is 50.8 Å². The van der Waals surface area contributed by atoms with Crippen LogP contribution in [0.15, 0.2) is 0 Å². The fraction of sp³-hybridized carbons (Fsp3) is 1.00. The Morgan fingerprint density at radius 1 is 1.25 bits per heavy atom. The van der Waals surface area contributed by atoms with Crippen molar-refractivity contribution in [2.45, 2.75) is 12.4 Å². The Balaban J connectivity index is 3.93. The maximum atomic E-state index is 10.5. The first-order chi connectivity index (χ1) is 5.60. The minimum atomic E-state index is -1.38. The Morgan fingerprint density at radius 2 is 1.67 bits per heavy atom. The molecule has 0 aliphatic heterocycles. The maximum Gasteiger partial charge on any atom is 0.286 e. The fourth-order valence-electron chi connectivity index (χ4n) is 0.761. The molecule has 0 bridgehead atoms. The molecule has 74 valence electrons. The monoisotopic (exact) mass is 216 g/mol. The summed E-state index contributed by atoms with van der Waals surface area (Å²) in [7, 11) is 8.22. The molecule has 4 nitrogen and oxygen atoms in total. The number of methoxy groups -OCH3 is 3. The van der Waals surface area contributed by atoms with E-state index in [0.717, 1.165) is 0 Å². The molecule has 0 aromatic carbocycles. The van der Waals surface area contributed by atoms with Gasteiger partial charge in [0.1, 0.15) is 5.75 Å². The molecule has 0 fully saturated rings. The quantitative estimate of drug-likeness (QED) is 0.489. The van der Waals surface area contributed by atoms with Crippen LogP contribution in [0.2, 0.25) is 0 Å². The second-order valence-corrected chi connectivity index (χ2v) is 4.06. The van der Waals surface area contributed by atoms with Crippen molar-refractivity contribution in [1.82, 2.24) is 0 Å². The third kappa shape index (κ3) is 3.93. The standard InChI is InChI=1S/C6H13ClO4S/c1-9-6(10-2,11-3)4-5-12(7)8/h4-5H2,1-3H3. The summed E-state index contributed by atoms with van der Waals surface area (Å²) >= 11 is 0. The minimum Gasteiger partial charge on any atom is -0.599 e. The Labute approximate surface area is 79.8 Å². The lowest BCUT2D eigenvalue weighted by atomic mass is 10.4. The van der Waals surface area contributed by atoms with E-state index >= 15 is 0 Å². The summed E-state index contributed by atoms with van der Waals surface area (Å²) in [5.74, 6) is -0.859. The summed E-state index contributed by atoms with van der Waals surface area (Å²) in [4.78, 5) is 0. The number of ether oxygens (including phenoxy) is 3. The molecule has 0 rings (SSSR count). The summed E-state index contributed by atoms with van der Waals surface area (Å²) in [6.07, 6.45) is 0.326. The van der Waals surface area contributed by atoms with Gasteiger partial charge in [-0.2, -0.15) is 0 Å². The molecule has 0 saturated carbocycles. The van der Waals surface area contributed by atoms with Gasteiger partial charge in [0, 0.05) is 21.3 Å². The van der Waals surface area contributed by atoms with Gasteiger partial charge in [0.25, 0.3) is 5.97 Å². The predicted octanol–water partition coefficient (Wildman–Crippen LogP) is 0.872. The van der Waals surface area contributed by atoms with E-state index in [-0.39, 0.29) is 5.75 Å². The van der Waals surface area contributed by atoms with E-state index < -0.39 is 16.4 Å². The SMILES string of the molecule is COC(CC[S+]([O-])Cl)(OC)OC. The molecule has 0 radical (unpaired) electrons. The van der Waals surface area contributed by atoms with E-state index in [1.54, 1.807) is 0 Å². The highest BCUT2D eigenvalue weighted by Crippen LogP contribution is 2.18. The largest absolute Gasteiger partial charge is 0.599 e. The molecule has 6 heteroatoms. The lowest BCUT2D eigenvalue weighted by Crippen LogP contribution is -2.37. The van der Waals surface area contributed by atoms with Crippen LogP contribution in [0, 0.1) is 0 Å². The summed E-state index contributed by atoms with van der Waals surface area (Å²) in [5.41, 5.74) is 0. The maximum absolute atomic E-state index is 10.5. The molecule has 0 heterocycles. The normalized spacial score (nSPS) is 14.8. The van der Waals surface area contributed by atoms with Gasteiger partial charge in [-0.05, 0) is 0 Å². The Hall–Kier alpha value is 0.480. The van der Waals surface area contributed by atoms with Crippen LogP contribution in [0.4, 0.5) is 0 Å². The lowest BCUT2D eigenvalue weighted by molar-refractivity contribution is -0.352. The highest BCUT2D eigenvalue weighted by molar-refractivity contribution is 8.13. The summed E-state index contributed by atoms with van der Waals surface area (Å²) in [5, 5.41) is 0. The fourth-order valence-corrected chi connectivity index (χ4v) is 1.40. The van der Waals surface area contributed by atoms with Crippen LogP contribution in [0.25, 0.3) is 0 Å². The Bertz CT molecular complexity index is 110. The molecular formula is C6H13ClO4S. The Kier molecular flexibility index (Phi) is 6.25. The van der Waals surface area contributed by atoms with Crippen molar-refractivity contribution in [2.75, 3.05) is 27.1 Å². The second-order valence-electron chi connectivity index (χ2n) is 2.04. The van der Waals surface area contributed by atoms with Crippen molar-refractivity contribution >= 4 is 21.1 Å². The number of hydrogen-bond donors (Lipinski definition) is 0. The van der Waals surface area contributed by atoms with Crippen LogP contribution >= 0.6 is 10.7 Å². The van der Waals surface area contributed by atoms with Gasteiger partial charge >= 0.3 is 0 Å². The smallest absolute Gasteiger partial charge is 0.286 e. The Morgan fingerprint density at radius 3 is 1.92 bits per heavy atom. The highest BCUT2D eigenvalue weighted by atomic mass is 35.7. The zero-order valence-electron chi connectivity index (χ0n) is 7.33. The minimum absolute atomic E-state index is 0.261. The molecule has 0 saturated heterocycles. The molecule has 0 aromatic rings. The molecule has 0 aromatic heterocycles. The van der Waals surface area contributed by atoms with Crippen LogP contribution in [0.3, 0.4) is 0 Å². The number of halogens is 1. The molecule has 0 aliphatic rings. The van der Waals surface area contributed by atoms with Crippen LogP contribution in [0.5, 0.6) is 0 Å². The van der Waals surface area contributed by atoms with Gasteiger partial charge in [0.05, 0.1) is 16.8 Å². The van der Waals surface area contributed by atoms with E-state index in [1.807, 2.05) is 0 Å². The van der Waals surface area contributed by atoms with Gasteiger partial charge in [0.2, 0.25) is 0 Å². The van der Waals surface area contributed by atoms with E-state index in [0.29, 0.717) is 6.42 Å². The molecule has 0 N–H and O–H groups in total. The first-order valence-corrected chi connectivity index (χ1v) is 5.45. The van der Waals surface area contributed by atoms with Gasteiger partial charge in [0.15, 0.2) is 10.7 Å². The van der Waals surface area contributed by atoms with Crippen molar-refractivity contribution in [1.29, 1.82) is 0 Å². The zero-order valence-corrected chi connectivity index (χ0v) is 8.91. The third-order valence-corrected chi connectivity index (χ3v) is 2.49. The molecule has 0 aliphatic carbocycles. The van der Waals surface area contributed by atoms with E-state index in [9.17, 15) is 4.55 Å². The van der Waals surface area contributed by atoms with Crippen LogP contribution < -0.4 is 0 Å². The van der Waals surface area contributed by atoms with Gasteiger partial charge in [-0.1, -0.05) is 0 Å². The molecular weight excluding hydrogens is 204 g/mol. The summed E-state index contributed by atoms with van der Waals surface area (Å²) in [6.45, 7) is 0. The predicted molar refractivity (Wildman–Crippen MR) is 47.2 cm³/mol. The van der Waals surface area contributed by atoms with Gasteiger partial charge in [-0.25, -0.2) is 0 Å². The molecule has 1 atom stereocenters. The number of rotatable bonds is 6. The van der Waals surface area contributed by atoms with Crippen LogP contribution in [-0.2, 0) is 24.6 Å². The second kappa shape index (κ2) is 6.01. The number of hydrogen-bond acceptors (Lipinski definition) is 4. The van der Waals surface area contributed by atoms with Crippen LogP contribution in [0.1, 0.15) is 6.42 Å². The molecule has 1 unspecified atom stereocenters. The van der Waals surface area contributed by atoms with Crippen molar-refractivity contribution in [3.63, 3.8) is 0 Å². The van der Waals surface area contributed by atoms with Gasteiger partial charge in [-0.15, -0.1) is 0 Å². The molecule has 0 spiro atoms. The summed E-state index contributed by atoms with van der Waals surface area (Å²) < 4.78 is 25.4. The van der Waals surface area contributed by atoms with Crippen molar-refractivity contribution in [2.24, 2.45) is 0 Å². The first kappa shape index (κ1) is 12.5. The van der Waals surface area contributed by atoms with Crippen molar-refractivity contribution in [3.05, 3.63) is 0 Å². The van der Waals surface area contributed by atoms with Crippen molar-refractivity contribution < 1.29 is 18.8 Å².